The van der Waals surface area contributed by atoms with Gasteiger partial charge in [-0.2, -0.15) is 0 Å². The van der Waals surface area contributed by atoms with Gasteiger partial charge in [-0.1, -0.05) is 60.7 Å². The van der Waals surface area contributed by atoms with Crippen molar-refractivity contribution in [3.8, 4) is 0 Å². The van der Waals surface area contributed by atoms with Gasteiger partial charge in [-0.3, -0.25) is 14.5 Å². The molecule has 136 valence electrons. The van der Waals surface area contributed by atoms with Crippen LogP contribution in [0.15, 0.2) is 60.7 Å². The first-order chi connectivity index (χ1) is 12.7. The number of nitrogens with zero attached hydrogens (tertiary/aromatic N) is 1. The number of likely N-dealkylation sites (tertiary alicyclic amines) is 1. The van der Waals surface area contributed by atoms with Crippen molar-refractivity contribution < 1.29 is 9.59 Å². The number of hydrogen-bond acceptors (Lipinski definition) is 3. The van der Waals surface area contributed by atoms with Crippen LogP contribution in [0, 0.1) is 5.92 Å². The lowest BCUT2D eigenvalue weighted by Crippen LogP contribution is -2.43. The Bertz CT molecular complexity index is 707. The van der Waals surface area contributed by atoms with Crippen molar-refractivity contribution in [1.82, 2.24) is 10.2 Å². The van der Waals surface area contributed by atoms with Crippen molar-refractivity contribution in [2.75, 3.05) is 26.2 Å². The number of Topliss-reactive ketones (excluding diaryl/α,β-unsaturated/α-hetero) is 1. The van der Waals surface area contributed by atoms with Gasteiger partial charge in [-0.25, -0.2) is 0 Å². The molecule has 0 bridgehead atoms. The number of ketones is 1. The minimum atomic E-state index is 0.0637. The number of carbonyl (C=O) groups excluding carboxylic acids is 2. The van der Waals surface area contributed by atoms with Gasteiger partial charge in [0.2, 0.25) is 5.91 Å². The summed E-state index contributed by atoms with van der Waals surface area (Å²) in [6, 6.07) is 19.7. The Morgan fingerprint density at radius 2 is 1.54 bits per heavy atom. The molecule has 3 rings (SSSR count). The fourth-order valence-corrected chi connectivity index (χ4v) is 3.44. The average Bonchev–Trinajstić information content (AvgIpc) is 2.69. The van der Waals surface area contributed by atoms with Crippen molar-refractivity contribution in [1.29, 1.82) is 0 Å². The third-order valence-corrected chi connectivity index (χ3v) is 4.96. The zero-order chi connectivity index (χ0) is 18.2. The maximum absolute atomic E-state index is 12.5. The number of amides is 1. The highest BCUT2D eigenvalue weighted by atomic mass is 16.2. The Labute approximate surface area is 155 Å². The van der Waals surface area contributed by atoms with Crippen LogP contribution in [0.5, 0.6) is 0 Å². The van der Waals surface area contributed by atoms with E-state index in [4.69, 9.17) is 0 Å². The van der Waals surface area contributed by atoms with Crippen molar-refractivity contribution in [3.63, 3.8) is 0 Å². The Balaban J connectivity index is 1.37. The SMILES string of the molecule is O=C(CN1CCC(C(=O)c2ccccc2)CC1)NCCc1ccccc1. The van der Waals surface area contributed by atoms with Crippen molar-refractivity contribution >= 4 is 11.7 Å². The third kappa shape index (κ3) is 5.27. The highest BCUT2D eigenvalue weighted by Gasteiger charge is 2.26. The monoisotopic (exact) mass is 350 g/mol. The predicted molar refractivity (Wildman–Crippen MR) is 103 cm³/mol. The smallest absolute Gasteiger partial charge is 0.234 e. The molecule has 0 aliphatic carbocycles. The molecule has 0 aromatic heterocycles. The summed E-state index contributed by atoms with van der Waals surface area (Å²) < 4.78 is 0. The molecule has 1 heterocycles. The molecular formula is C22H26N2O2. The molecule has 0 atom stereocenters. The van der Waals surface area contributed by atoms with Gasteiger partial charge in [0.25, 0.3) is 0 Å². The topological polar surface area (TPSA) is 49.4 Å². The summed E-state index contributed by atoms with van der Waals surface area (Å²) >= 11 is 0. The van der Waals surface area contributed by atoms with Gasteiger partial charge in [0.05, 0.1) is 6.54 Å². The molecule has 4 nitrogen and oxygen atoms in total. The standard InChI is InChI=1S/C22H26N2O2/c25-21(23-14-11-18-7-3-1-4-8-18)17-24-15-12-20(13-16-24)22(26)19-9-5-2-6-10-19/h1-10,20H,11-17H2,(H,23,25). The van der Waals surface area contributed by atoms with Gasteiger partial charge >= 0.3 is 0 Å². The second-order valence-corrected chi connectivity index (χ2v) is 6.87. The van der Waals surface area contributed by atoms with Crippen LogP contribution in [0.4, 0.5) is 0 Å². The predicted octanol–water partition coefficient (Wildman–Crippen LogP) is 2.94. The Hall–Kier alpha value is -2.46. The summed E-state index contributed by atoms with van der Waals surface area (Å²) in [4.78, 5) is 26.8. The Morgan fingerprint density at radius 1 is 0.923 bits per heavy atom. The van der Waals surface area contributed by atoms with E-state index in [9.17, 15) is 9.59 Å². The van der Waals surface area contributed by atoms with Gasteiger partial charge < -0.3 is 5.32 Å². The fraction of sp³-hybridized carbons (Fsp3) is 0.364. The van der Waals surface area contributed by atoms with Gasteiger partial charge in [-0.05, 0) is 37.9 Å². The van der Waals surface area contributed by atoms with E-state index in [1.807, 2.05) is 48.5 Å². The second-order valence-electron chi connectivity index (χ2n) is 6.87. The molecule has 1 saturated heterocycles. The van der Waals surface area contributed by atoms with Gasteiger partial charge in [0.15, 0.2) is 5.78 Å². The summed E-state index contributed by atoms with van der Waals surface area (Å²) in [5.74, 6) is 0.376. The molecule has 26 heavy (non-hydrogen) atoms. The molecule has 1 aliphatic heterocycles. The maximum atomic E-state index is 12.5. The molecule has 4 heteroatoms. The Kier molecular flexibility index (Phi) is 6.56. The lowest BCUT2D eigenvalue weighted by atomic mass is 9.89. The lowest BCUT2D eigenvalue weighted by molar-refractivity contribution is -0.122. The van der Waals surface area contributed by atoms with Crippen LogP contribution in [-0.2, 0) is 11.2 Å². The minimum Gasteiger partial charge on any atom is -0.355 e. The first kappa shape index (κ1) is 18.3. The van der Waals surface area contributed by atoms with E-state index in [0.717, 1.165) is 37.9 Å². The van der Waals surface area contributed by atoms with Crippen LogP contribution < -0.4 is 5.32 Å². The quantitative estimate of drug-likeness (QED) is 0.781. The van der Waals surface area contributed by atoms with E-state index in [-0.39, 0.29) is 17.6 Å². The average molecular weight is 350 g/mol. The molecule has 2 aromatic rings. The molecule has 1 N–H and O–H groups in total. The normalized spacial score (nSPS) is 15.5. The van der Waals surface area contributed by atoms with Crippen molar-refractivity contribution in [2.24, 2.45) is 5.92 Å². The molecule has 1 fully saturated rings. The van der Waals surface area contributed by atoms with Crippen molar-refractivity contribution in [3.05, 3.63) is 71.8 Å². The molecule has 1 aliphatic rings. The highest BCUT2D eigenvalue weighted by Crippen LogP contribution is 2.21. The van der Waals surface area contributed by atoms with Crippen LogP contribution in [0.1, 0.15) is 28.8 Å². The van der Waals surface area contributed by atoms with E-state index < -0.39 is 0 Å². The van der Waals surface area contributed by atoms with Crippen LogP contribution in [0.2, 0.25) is 0 Å². The molecular weight excluding hydrogens is 324 g/mol. The third-order valence-electron chi connectivity index (χ3n) is 4.96. The lowest BCUT2D eigenvalue weighted by Gasteiger charge is -2.30. The largest absolute Gasteiger partial charge is 0.355 e. The Morgan fingerprint density at radius 3 is 2.19 bits per heavy atom. The van der Waals surface area contributed by atoms with Crippen LogP contribution in [-0.4, -0.2) is 42.8 Å². The van der Waals surface area contributed by atoms with E-state index in [2.05, 4.69) is 22.3 Å². The zero-order valence-corrected chi connectivity index (χ0v) is 15.1. The van der Waals surface area contributed by atoms with E-state index in [1.165, 1.54) is 5.56 Å². The summed E-state index contributed by atoms with van der Waals surface area (Å²) in [5, 5.41) is 2.99. The van der Waals surface area contributed by atoms with Gasteiger partial charge in [0, 0.05) is 18.0 Å². The maximum Gasteiger partial charge on any atom is 0.234 e. The van der Waals surface area contributed by atoms with Crippen LogP contribution in [0.3, 0.4) is 0 Å². The number of nitrogens with one attached hydrogen (secondary N) is 1. The molecule has 0 radical (unpaired) electrons. The number of benzene rings is 2. The van der Waals surface area contributed by atoms with Gasteiger partial charge in [-0.15, -0.1) is 0 Å². The van der Waals surface area contributed by atoms with Crippen LogP contribution in [0.25, 0.3) is 0 Å². The highest BCUT2D eigenvalue weighted by molar-refractivity contribution is 5.97. The van der Waals surface area contributed by atoms with Crippen LogP contribution >= 0.6 is 0 Å². The summed E-state index contributed by atoms with van der Waals surface area (Å²) in [6.07, 6.45) is 2.50. The zero-order valence-electron chi connectivity index (χ0n) is 15.1. The number of hydrogen-bond donors (Lipinski definition) is 1. The molecule has 0 unspecified atom stereocenters. The van der Waals surface area contributed by atoms with E-state index >= 15 is 0 Å². The number of rotatable bonds is 7. The first-order valence-electron chi connectivity index (χ1n) is 9.34. The number of carbonyl (C=O) groups is 2. The molecule has 2 aromatic carbocycles. The minimum absolute atomic E-state index is 0.0637. The second kappa shape index (κ2) is 9.30. The first-order valence-corrected chi connectivity index (χ1v) is 9.34. The van der Waals surface area contributed by atoms with E-state index in [1.54, 1.807) is 0 Å². The number of piperidine rings is 1. The van der Waals surface area contributed by atoms with Crippen molar-refractivity contribution in [2.45, 2.75) is 19.3 Å². The summed E-state index contributed by atoms with van der Waals surface area (Å²) in [7, 11) is 0. The fourth-order valence-electron chi connectivity index (χ4n) is 3.44. The molecule has 0 saturated carbocycles. The summed E-state index contributed by atoms with van der Waals surface area (Å²) in [5.41, 5.74) is 2.03. The van der Waals surface area contributed by atoms with Gasteiger partial charge in [0.1, 0.15) is 0 Å². The molecule has 0 spiro atoms. The van der Waals surface area contributed by atoms with E-state index in [0.29, 0.717) is 13.1 Å². The molecule has 1 amide bonds. The summed E-state index contributed by atoms with van der Waals surface area (Å²) in [6.45, 7) is 2.68.